The molecule has 1 aliphatic carbocycles. The Hall–Kier alpha value is -1.06. The highest BCUT2D eigenvalue weighted by molar-refractivity contribution is 6.05. The minimum Gasteiger partial charge on any atom is -0.480 e. The van der Waals surface area contributed by atoms with Crippen LogP contribution in [0.1, 0.15) is 20.3 Å². The van der Waals surface area contributed by atoms with Crippen molar-refractivity contribution < 1.29 is 19.4 Å². The topological polar surface area (TPSA) is 63.6 Å². The van der Waals surface area contributed by atoms with Crippen LogP contribution in [0.2, 0.25) is 0 Å². The number of aliphatic carboxylic acids is 1. The average Bonchev–Trinajstić information content (AvgIpc) is 2.55. The molecule has 1 saturated carbocycles. The average molecular weight is 170 g/mol. The second kappa shape index (κ2) is 1.65. The lowest BCUT2D eigenvalue weighted by atomic mass is 9.98. The summed E-state index contributed by atoms with van der Waals surface area (Å²) >= 11 is 0. The summed E-state index contributed by atoms with van der Waals surface area (Å²) in [5.74, 6) is -1.73. The van der Waals surface area contributed by atoms with Gasteiger partial charge in [-0.15, -0.1) is 0 Å². The quantitative estimate of drug-likeness (QED) is 0.457. The van der Waals surface area contributed by atoms with Crippen molar-refractivity contribution in [2.75, 3.05) is 0 Å². The fourth-order valence-electron chi connectivity index (χ4n) is 2.05. The lowest BCUT2D eigenvalue weighted by molar-refractivity contribution is -0.160. The van der Waals surface area contributed by atoms with Crippen molar-refractivity contribution in [2.24, 2.45) is 11.3 Å². The van der Waals surface area contributed by atoms with E-state index in [2.05, 4.69) is 0 Å². The van der Waals surface area contributed by atoms with Crippen molar-refractivity contribution in [3.05, 3.63) is 0 Å². The number of hydrogen-bond donors (Lipinski definition) is 1. The zero-order valence-corrected chi connectivity index (χ0v) is 6.96. The third-order valence-electron chi connectivity index (χ3n) is 2.90. The Morgan fingerprint density at radius 2 is 2.25 bits per heavy atom. The maximum atomic E-state index is 11.2. The molecule has 66 valence electrons. The van der Waals surface area contributed by atoms with Crippen molar-refractivity contribution in [1.82, 2.24) is 0 Å². The Labute approximate surface area is 69.5 Å². The summed E-state index contributed by atoms with van der Waals surface area (Å²) in [4.78, 5) is 22.0. The van der Waals surface area contributed by atoms with Gasteiger partial charge in [-0.1, -0.05) is 0 Å². The smallest absolute Gasteiger partial charge is 0.324 e. The molecule has 1 N–H and O–H groups in total. The van der Waals surface area contributed by atoms with E-state index in [0.717, 1.165) is 0 Å². The van der Waals surface area contributed by atoms with E-state index in [0.29, 0.717) is 6.42 Å². The second-order valence-corrected chi connectivity index (χ2v) is 4.03. The van der Waals surface area contributed by atoms with Gasteiger partial charge in [-0.05, 0) is 20.3 Å². The zero-order valence-electron chi connectivity index (χ0n) is 6.96. The fourth-order valence-corrected chi connectivity index (χ4v) is 2.05. The molecule has 1 heterocycles. The number of cyclic esters (lactones) is 1. The molecular weight excluding hydrogens is 160 g/mol. The molecule has 2 unspecified atom stereocenters. The van der Waals surface area contributed by atoms with Crippen molar-refractivity contribution in [2.45, 2.75) is 25.9 Å². The van der Waals surface area contributed by atoms with Gasteiger partial charge in [0.25, 0.3) is 0 Å². The van der Waals surface area contributed by atoms with Crippen LogP contribution in [0.3, 0.4) is 0 Å². The van der Waals surface area contributed by atoms with E-state index in [1.807, 2.05) is 0 Å². The summed E-state index contributed by atoms with van der Waals surface area (Å²) < 4.78 is 4.96. The van der Waals surface area contributed by atoms with Crippen LogP contribution in [-0.4, -0.2) is 22.6 Å². The Balaban J connectivity index is 2.38. The first-order valence-electron chi connectivity index (χ1n) is 3.88. The van der Waals surface area contributed by atoms with Crippen LogP contribution >= 0.6 is 0 Å². The molecule has 2 rings (SSSR count). The largest absolute Gasteiger partial charge is 0.480 e. The number of esters is 1. The molecule has 0 aromatic rings. The van der Waals surface area contributed by atoms with Crippen molar-refractivity contribution in [3.63, 3.8) is 0 Å². The van der Waals surface area contributed by atoms with Gasteiger partial charge in [0, 0.05) is 5.92 Å². The van der Waals surface area contributed by atoms with Gasteiger partial charge in [-0.2, -0.15) is 0 Å². The molecule has 1 aliphatic heterocycles. The molecule has 0 aromatic carbocycles. The molecule has 1 saturated heterocycles. The van der Waals surface area contributed by atoms with E-state index in [4.69, 9.17) is 9.84 Å². The molecule has 2 aliphatic rings. The standard InChI is InChI=1S/C8H10O4/c1-7(2)4-3-8(4,5(9)10)6(11)12-7/h4H,3H2,1-2H3,(H,9,10). The van der Waals surface area contributed by atoms with E-state index < -0.39 is 23.0 Å². The highest BCUT2D eigenvalue weighted by atomic mass is 16.6. The van der Waals surface area contributed by atoms with E-state index in [-0.39, 0.29) is 5.92 Å². The second-order valence-electron chi connectivity index (χ2n) is 4.03. The number of carbonyl (C=O) groups is 2. The van der Waals surface area contributed by atoms with Crippen LogP contribution in [0.15, 0.2) is 0 Å². The Bertz CT molecular complexity index is 281. The molecule has 0 aromatic heterocycles. The molecule has 0 bridgehead atoms. The third kappa shape index (κ3) is 0.589. The minimum absolute atomic E-state index is 0.130. The fraction of sp³-hybridized carbons (Fsp3) is 0.750. The molecule has 4 nitrogen and oxygen atoms in total. The molecule has 12 heavy (non-hydrogen) atoms. The first kappa shape index (κ1) is 7.58. The predicted octanol–water partition coefficient (Wildman–Crippen LogP) is 0.413. The van der Waals surface area contributed by atoms with Crippen molar-refractivity contribution in [1.29, 1.82) is 0 Å². The summed E-state index contributed by atoms with van der Waals surface area (Å²) in [5.41, 5.74) is -1.78. The van der Waals surface area contributed by atoms with E-state index in [9.17, 15) is 9.59 Å². The number of carbonyl (C=O) groups excluding carboxylic acids is 1. The molecular formula is C8H10O4. The number of carboxylic acid groups (broad SMARTS) is 1. The summed E-state index contributed by atoms with van der Waals surface area (Å²) in [6.07, 6.45) is 0.439. The lowest BCUT2D eigenvalue weighted by Crippen LogP contribution is -2.25. The van der Waals surface area contributed by atoms with Crippen LogP contribution in [0, 0.1) is 11.3 Å². The number of rotatable bonds is 1. The maximum absolute atomic E-state index is 11.2. The molecule has 0 radical (unpaired) electrons. The molecule has 0 spiro atoms. The monoisotopic (exact) mass is 170 g/mol. The molecule has 4 heteroatoms. The Morgan fingerprint density at radius 1 is 1.67 bits per heavy atom. The number of ether oxygens (including phenoxy) is 1. The normalized spacial score (nSPS) is 41.8. The van der Waals surface area contributed by atoms with E-state index in [1.54, 1.807) is 13.8 Å². The third-order valence-corrected chi connectivity index (χ3v) is 2.90. The van der Waals surface area contributed by atoms with Crippen LogP contribution in [0.5, 0.6) is 0 Å². The van der Waals surface area contributed by atoms with E-state index in [1.165, 1.54) is 0 Å². The number of fused-ring (bicyclic) bond motifs is 1. The van der Waals surface area contributed by atoms with Gasteiger partial charge in [0.2, 0.25) is 0 Å². The van der Waals surface area contributed by atoms with Gasteiger partial charge < -0.3 is 9.84 Å². The van der Waals surface area contributed by atoms with Gasteiger partial charge in [0.05, 0.1) is 0 Å². The van der Waals surface area contributed by atoms with Crippen LogP contribution in [0.25, 0.3) is 0 Å². The highest BCUT2D eigenvalue weighted by Gasteiger charge is 2.78. The number of hydrogen-bond acceptors (Lipinski definition) is 3. The SMILES string of the molecule is CC1(C)OC(=O)C2(C(=O)O)CC12. The van der Waals surface area contributed by atoms with Gasteiger partial charge in [-0.3, -0.25) is 9.59 Å². The van der Waals surface area contributed by atoms with Crippen LogP contribution in [-0.2, 0) is 14.3 Å². The predicted molar refractivity (Wildman–Crippen MR) is 38.3 cm³/mol. The number of carboxylic acids is 1. The van der Waals surface area contributed by atoms with Gasteiger partial charge in [0.15, 0.2) is 5.41 Å². The van der Waals surface area contributed by atoms with Crippen LogP contribution in [0.4, 0.5) is 0 Å². The van der Waals surface area contributed by atoms with E-state index >= 15 is 0 Å². The van der Waals surface area contributed by atoms with Crippen molar-refractivity contribution in [3.8, 4) is 0 Å². The zero-order chi connectivity index (χ0) is 9.15. The first-order valence-corrected chi connectivity index (χ1v) is 3.88. The molecule has 0 amide bonds. The van der Waals surface area contributed by atoms with Gasteiger partial charge in [-0.25, -0.2) is 0 Å². The maximum Gasteiger partial charge on any atom is 0.324 e. The summed E-state index contributed by atoms with van der Waals surface area (Å²) in [5, 5.41) is 8.82. The minimum atomic E-state index is -1.19. The van der Waals surface area contributed by atoms with Gasteiger partial charge in [0.1, 0.15) is 5.60 Å². The Kier molecular flexibility index (Phi) is 1.04. The van der Waals surface area contributed by atoms with Crippen molar-refractivity contribution >= 4 is 11.9 Å². The van der Waals surface area contributed by atoms with Gasteiger partial charge >= 0.3 is 11.9 Å². The lowest BCUT2D eigenvalue weighted by Gasteiger charge is -2.18. The Morgan fingerprint density at radius 3 is 2.42 bits per heavy atom. The van der Waals surface area contributed by atoms with Crippen LogP contribution < -0.4 is 0 Å². The summed E-state index contributed by atoms with van der Waals surface area (Å²) in [7, 11) is 0. The summed E-state index contributed by atoms with van der Waals surface area (Å²) in [6.45, 7) is 3.51. The first-order chi connectivity index (χ1) is 5.41. The molecule has 2 atom stereocenters. The summed E-state index contributed by atoms with van der Waals surface area (Å²) in [6, 6.07) is 0. The molecule has 2 fully saturated rings. The highest BCUT2D eigenvalue weighted by Crippen LogP contribution is 2.64.